The third-order valence-electron chi connectivity index (χ3n) is 3.93. The van der Waals surface area contributed by atoms with Gasteiger partial charge in [0, 0.05) is 19.1 Å². The third kappa shape index (κ3) is 2.83. The molecule has 2 N–H and O–H groups in total. The van der Waals surface area contributed by atoms with Gasteiger partial charge in [-0.15, -0.1) is 0 Å². The molecule has 100 valence electrons. The van der Waals surface area contributed by atoms with Crippen molar-refractivity contribution < 1.29 is 4.39 Å². The van der Waals surface area contributed by atoms with Gasteiger partial charge in [-0.05, 0) is 43.4 Å². The van der Waals surface area contributed by atoms with Gasteiger partial charge in [-0.2, -0.15) is 0 Å². The molecule has 3 heteroatoms. The number of benzene rings is 1. The van der Waals surface area contributed by atoms with Crippen molar-refractivity contribution >= 4 is 5.69 Å². The number of anilines is 1. The van der Waals surface area contributed by atoms with Crippen molar-refractivity contribution in [1.82, 2.24) is 0 Å². The van der Waals surface area contributed by atoms with Crippen LogP contribution in [0.1, 0.15) is 44.7 Å². The van der Waals surface area contributed by atoms with Crippen LogP contribution in [0.5, 0.6) is 0 Å². The largest absolute Gasteiger partial charge is 0.369 e. The van der Waals surface area contributed by atoms with Crippen LogP contribution < -0.4 is 10.6 Å². The van der Waals surface area contributed by atoms with Gasteiger partial charge in [0.15, 0.2) is 0 Å². The first-order chi connectivity index (χ1) is 8.61. The van der Waals surface area contributed by atoms with Crippen LogP contribution in [0, 0.1) is 11.7 Å². The predicted molar refractivity (Wildman–Crippen MR) is 74.2 cm³/mol. The molecule has 2 atom stereocenters. The zero-order chi connectivity index (χ0) is 13.1. The molecule has 1 aromatic carbocycles. The Balaban J connectivity index is 2.17. The summed E-state index contributed by atoms with van der Waals surface area (Å²) in [5.41, 5.74) is 7.37. The van der Waals surface area contributed by atoms with Gasteiger partial charge in [-0.1, -0.05) is 19.4 Å². The summed E-state index contributed by atoms with van der Waals surface area (Å²) in [4.78, 5) is 2.18. The Kier molecular flexibility index (Phi) is 4.23. The van der Waals surface area contributed by atoms with E-state index in [0.29, 0.717) is 5.92 Å². The molecule has 1 heterocycles. The molecule has 0 aromatic heterocycles. The van der Waals surface area contributed by atoms with E-state index in [4.69, 9.17) is 5.73 Å². The van der Waals surface area contributed by atoms with Crippen LogP contribution in [0.2, 0.25) is 0 Å². The van der Waals surface area contributed by atoms with E-state index in [-0.39, 0.29) is 11.9 Å². The Bertz CT molecular complexity index is 403. The molecule has 1 aliphatic rings. The minimum atomic E-state index is -0.137. The van der Waals surface area contributed by atoms with E-state index in [2.05, 4.69) is 11.8 Å². The molecular formula is C15H23FN2. The number of hydrogen-bond donors (Lipinski definition) is 1. The van der Waals surface area contributed by atoms with Crippen LogP contribution in [0.15, 0.2) is 18.2 Å². The molecule has 0 saturated carbocycles. The number of nitrogens with zero attached hydrogens (tertiary/aromatic N) is 1. The van der Waals surface area contributed by atoms with Gasteiger partial charge in [-0.3, -0.25) is 0 Å². The van der Waals surface area contributed by atoms with Crippen LogP contribution >= 0.6 is 0 Å². The molecule has 0 aliphatic carbocycles. The summed E-state index contributed by atoms with van der Waals surface area (Å²) in [7, 11) is 0. The van der Waals surface area contributed by atoms with E-state index >= 15 is 0 Å². The lowest BCUT2D eigenvalue weighted by Crippen LogP contribution is -2.35. The number of rotatable bonds is 3. The molecule has 0 bridgehead atoms. The minimum Gasteiger partial charge on any atom is -0.369 e. The van der Waals surface area contributed by atoms with Crippen molar-refractivity contribution in [2.75, 3.05) is 18.0 Å². The number of piperidine rings is 1. The van der Waals surface area contributed by atoms with Crippen molar-refractivity contribution in [2.45, 2.75) is 39.2 Å². The molecule has 0 amide bonds. The van der Waals surface area contributed by atoms with Crippen molar-refractivity contribution in [1.29, 1.82) is 0 Å². The first-order valence-electron chi connectivity index (χ1n) is 6.91. The van der Waals surface area contributed by atoms with Crippen LogP contribution in [-0.4, -0.2) is 13.1 Å². The second-order valence-corrected chi connectivity index (χ2v) is 5.36. The highest BCUT2D eigenvalue weighted by molar-refractivity contribution is 5.50. The Labute approximate surface area is 109 Å². The fraction of sp³-hybridized carbons (Fsp3) is 0.600. The maximum absolute atomic E-state index is 14.1. The molecule has 2 nitrogen and oxygen atoms in total. The van der Waals surface area contributed by atoms with Crippen molar-refractivity contribution in [2.24, 2.45) is 11.7 Å². The lowest BCUT2D eigenvalue weighted by atomic mass is 9.95. The summed E-state index contributed by atoms with van der Waals surface area (Å²) in [6.07, 6.45) is 3.61. The average Bonchev–Trinajstić information content (AvgIpc) is 2.38. The van der Waals surface area contributed by atoms with E-state index < -0.39 is 0 Å². The van der Waals surface area contributed by atoms with Gasteiger partial charge in [0.05, 0.1) is 5.69 Å². The maximum atomic E-state index is 14.1. The molecular weight excluding hydrogens is 227 g/mol. The van der Waals surface area contributed by atoms with Crippen LogP contribution in [-0.2, 0) is 0 Å². The van der Waals surface area contributed by atoms with E-state index in [1.54, 1.807) is 6.07 Å². The second-order valence-electron chi connectivity index (χ2n) is 5.36. The predicted octanol–water partition coefficient (Wildman–Crippen LogP) is 3.47. The standard InChI is InChI=1S/C15H23FN2/c1-3-12-5-4-8-18(10-12)15-7-6-13(11(2)17)9-14(15)16/h6-7,9,11-12H,3-5,8,10,17H2,1-2H3. The van der Waals surface area contributed by atoms with Gasteiger partial charge in [0.25, 0.3) is 0 Å². The average molecular weight is 250 g/mol. The summed E-state index contributed by atoms with van der Waals surface area (Å²) in [6, 6.07) is 5.29. The van der Waals surface area contributed by atoms with E-state index in [1.807, 2.05) is 19.1 Å². The zero-order valence-corrected chi connectivity index (χ0v) is 11.3. The Morgan fingerprint density at radius 2 is 2.28 bits per heavy atom. The highest BCUT2D eigenvalue weighted by Gasteiger charge is 2.21. The van der Waals surface area contributed by atoms with Crippen LogP contribution in [0.3, 0.4) is 0 Å². The zero-order valence-electron chi connectivity index (χ0n) is 11.3. The molecule has 1 saturated heterocycles. The smallest absolute Gasteiger partial charge is 0.146 e. The van der Waals surface area contributed by atoms with E-state index in [1.165, 1.54) is 12.8 Å². The van der Waals surface area contributed by atoms with E-state index in [0.717, 1.165) is 30.8 Å². The third-order valence-corrected chi connectivity index (χ3v) is 3.93. The molecule has 2 rings (SSSR count). The van der Waals surface area contributed by atoms with Gasteiger partial charge in [0.1, 0.15) is 5.82 Å². The van der Waals surface area contributed by atoms with Crippen molar-refractivity contribution in [3.05, 3.63) is 29.6 Å². The Morgan fingerprint density at radius 1 is 1.50 bits per heavy atom. The fourth-order valence-corrected chi connectivity index (χ4v) is 2.68. The first-order valence-corrected chi connectivity index (χ1v) is 6.91. The molecule has 1 aromatic rings. The highest BCUT2D eigenvalue weighted by atomic mass is 19.1. The van der Waals surface area contributed by atoms with E-state index in [9.17, 15) is 4.39 Å². The molecule has 0 radical (unpaired) electrons. The summed E-state index contributed by atoms with van der Waals surface area (Å²) in [5.74, 6) is 0.563. The summed E-state index contributed by atoms with van der Waals surface area (Å²) in [5, 5.41) is 0. The van der Waals surface area contributed by atoms with Crippen LogP contribution in [0.4, 0.5) is 10.1 Å². The number of nitrogens with two attached hydrogens (primary N) is 1. The number of hydrogen-bond acceptors (Lipinski definition) is 2. The minimum absolute atomic E-state index is 0.113. The fourth-order valence-electron chi connectivity index (χ4n) is 2.68. The normalized spacial score (nSPS) is 22.0. The summed E-state index contributed by atoms with van der Waals surface area (Å²) >= 11 is 0. The Morgan fingerprint density at radius 3 is 2.89 bits per heavy atom. The molecule has 2 unspecified atom stereocenters. The van der Waals surface area contributed by atoms with Gasteiger partial charge >= 0.3 is 0 Å². The first kappa shape index (κ1) is 13.3. The van der Waals surface area contributed by atoms with Crippen LogP contribution in [0.25, 0.3) is 0 Å². The maximum Gasteiger partial charge on any atom is 0.146 e. The molecule has 1 aliphatic heterocycles. The second kappa shape index (κ2) is 5.70. The summed E-state index contributed by atoms with van der Waals surface area (Å²) < 4.78 is 14.1. The topological polar surface area (TPSA) is 29.3 Å². The quantitative estimate of drug-likeness (QED) is 0.890. The molecule has 0 spiro atoms. The number of halogens is 1. The van der Waals surface area contributed by atoms with Crippen molar-refractivity contribution in [3.8, 4) is 0 Å². The van der Waals surface area contributed by atoms with Gasteiger partial charge in [-0.25, -0.2) is 4.39 Å². The summed E-state index contributed by atoms with van der Waals surface area (Å²) in [6.45, 7) is 6.03. The SMILES string of the molecule is CCC1CCCN(c2ccc(C(C)N)cc2F)C1. The highest BCUT2D eigenvalue weighted by Crippen LogP contribution is 2.28. The lowest BCUT2D eigenvalue weighted by molar-refractivity contribution is 0.401. The van der Waals surface area contributed by atoms with Crippen molar-refractivity contribution in [3.63, 3.8) is 0 Å². The lowest BCUT2D eigenvalue weighted by Gasteiger charge is -2.34. The molecule has 1 fully saturated rings. The van der Waals surface area contributed by atoms with Gasteiger partial charge in [0.2, 0.25) is 0 Å². The van der Waals surface area contributed by atoms with Gasteiger partial charge < -0.3 is 10.6 Å². The molecule has 18 heavy (non-hydrogen) atoms. The Hall–Kier alpha value is -1.09. The monoisotopic (exact) mass is 250 g/mol.